The molecular weight excluding hydrogens is 204 g/mol. The van der Waals surface area contributed by atoms with Crippen LogP contribution in [0, 0.1) is 0 Å². The van der Waals surface area contributed by atoms with Gasteiger partial charge in [0.2, 0.25) is 0 Å². The zero-order valence-electron chi connectivity index (χ0n) is 10.2. The average molecular weight is 226 g/mol. The summed E-state index contributed by atoms with van der Waals surface area (Å²) in [6, 6.07) is 0.282. The molecular formula is C10H22N4Si. The summed E-state index contributed by atoms with van der Waals surface area (Å²) in [7, 11) is -1.29. The molecule has 1 heterocycles. The number of hydrogen-bond acceptors (Lipinski definition) is 3. The van der Waals surface area contributed by atoms with E-state index in [1.54, 1.807) is 0 Å². The van der Waals surface area contributed by atoms with E-state index in [2.05, 4.69) is 36.1 Å². The van der Waals surface area contributed by atoms with Crippen LogP contribution in [-0.2, 0) is 6.54 Å². The minimum atomic E-state index is -1.29. The molecule has 0 aliphatic heterocycles. The molecule has 2 N–H and O–H groups in total. The van der Waals surface area contributed by atoms with Crippen molar-refractivity contribution in [3.8, 4) is 0 Å². The fourth-order valence-electron chi connectivity index (χ4n) is 1.33. The van der Waals surface area contributed by atoms with Gasteiger partial charge in [0.15, 0.2) is 0 Å². The predicted octanol–water partition coefficient (Wildman–Crippen LogP) is 0.951. The lowest BCUT2D eigenvalue weighted by atomic mass is 10.2. The standard InChI is InChI=1S/C10H22N4Si/c1-9(11)6-5-7-14-8-10(12-13-14)15(2,3)4/h8-9H,5-7,11H2,1-4H3. The molecule has 4 nitrogen and oxygen atoms in total. The van der Waals surface area contributed by atoms with Gasteiger partial charge in [0.1, 0.15) is 8.07 Å². The van der Waals surface area contributed by atoms with Gasteiger partial charge in [-0.1, -0.05) is 24.9 Å². The first-order valence-electron chi connectivity index (χ1n) is 5.56. The molecule has 86 valence electrons. The van der Waals surface area contributed by atoms with Crippen LogP contribution in [0.15, 0.2) is 6.20 Å². The van der Waals surface area contributed by atoms with Crippen LogP contribution in [0.2, 0.25) is 19.6 Å². The Kier molecular flexibility index (Phi) is 4.04. The SMILES string of the molecule is CC(N)CCCn1cc([Si](C)(C)C)nn1. The molecule has 0 saturated heterocycles. The fraction of sp³-hybridized carbons (Fsp3) is 0.800. The van der Waals surface area contributed by atoms with Gasteiger partial charge in [-0.25, -0.2) is 0 Å². The third-order valence-corrected chi connectivity index (χ3v) is 4.12. The van der Waals surface area contributed by atoms with Gasteiger partial charge >= 0.3 is 0 Å². The maximum absolute atomic E-state index is 5.69. The van der Waals surface area contributed by atoms with Gasteiger partial charge in [-0.2, -0.15) is 0 Å². The molecule has 1 atom stereocenters. The van der Waals surface area contributed by atoms with E-state index in [0.717, 1.165) is 19.4 Å². The number of hydrogen-bond donors (Lipinski definition) is 1. The Balaban J connectivity index is 2.47. The second kappa shape index (κ2) is 4.89. The highest BCUT2D eigenvalue weighted by Crippen LogP contribution is 2.00. The largest absolute Gasteiger partial charge is 0.328 e. The Morgan fingerprint density at radius 3 is 2.60 bits per heavy atom. The highest BCUT2D eigenvalue weighted by molar-refractivity contribution is 6.88. The van der Waals surface area contributed by atoms with E-state index in [9.17, 15) is 0 Å². The molecule has 1 aromatic heterocycles. The lowest BCUT2D eigenvalue weighted by molar-refractivity contribution is 0.513. The summed E-state index contributed by atoms with van der Waals surface area (Å²) in [5, 5.41) is 9.55. The van der Waals surface area contributed by atoms with Crippen molar-refractivity contribution in [2.24, 2.45) is 5.73 Å². The van der Waals surface area contributed by atoms with E-state index >= 15 is 0 Å². The van der Waals surface area contributed by atoms with Gasteiger partial charge in [0.25, 0.3) is 0 Å². The van der Waals surface area contributed by atoms with Gasteiger partial charge in [0, 0.05) is 18.8 Å². The Bertz CT molecular complexity index is 301. The third kappa shape index (κ3) is 4.13. The summed E-state index contributed by atoms with van der Waals surface area (Å²) >= 11 is 0. The fourth-order valence-corrected chi connectivity index (χ4v) is 2.21. The molecule has 1 rings (SSSR count). The van der Waals surface area contributed by atoms with Crippen molar-refractivity contribution in [3.05, 3.63) is 6.20 Å². The third-order valence-electron chi connectivity index (χ3n) is 2.35. The summed E-state index contributed by atoms with van der Waals surface area (Å²) < 4.78 is 1.94. The van der Waals surface area contributed by atoms with Crippen LogP contribution >= 0.6 is 0 Å². The Morgan fingerprint density at radius 1 is 1.47 bits per heavy atom. The summed E-state index contributed by atoms with van der Waals surface area (Å²) in [6.07, 6.45) is 4.21. The van der Waals surface area contributed by atoms with E-state index < -0.39 is 8.07 Å². The van der Waals surface area contributed by atoms with Crippen molar-refractivity contribution in [1.82, 2.24) is 15.0 Å². The second-order valence-electron chi connectivity index (χ2n) is 5.24. The molecule has 1 aromatic rings. The number of nitrogens with zero attached hydrogens (tertiary/aromatic N) is 3. The van der Waals surface area contributed by atoms with Crippen molar-refractivity contribution < 1.29 is 0 Å². The average Bonchev–Trinajstić information content (AvgIpc) is 2.51. The molecule has 5 heteroatoms. The smallest absolute Gasteiger partial charge is 0.106 e. The van der Waals surface area contributed by atoms with Gasteiger partial charge in [0.05, 0.1) is 5.32 Å². The topological polar surface area (TPSA) is 56.7 Å². The molecule has 0 saturated carbocycles. The molecule has 1 unspecified atom stereocenters. The number of aryl methyl sites for hydroxylation is 1. The molecule has 15 heavy (non-hydrogen) atoms. The summed E-state index contributed by atoms with van der Waals surface area (Å²) in [4.78, 5) is 0. The molecule has 0 spiro atoms. The van der Waals surface area contributed by atoms with Crippen LogP contribution in [0.1, 0.15) is 19.8 Å². The minimum absolute atomic E-state index is 0.282. The second-order valence-corrected chi connectivity index (χ2v) is 10.2. The maximum atomic E-state index is 5.69. The summed E-state index contributed by atoms with van der Waals surface area (Å²) in [5.41, 5.74) is 5.69. The molecule has 0 radical (unpaired) electrons. The first-order chi connectivity index (χ1) is 6.89. The van der Waals surface area contributed by atoms with Crippen molar-refractivity contribution in [1.29, 1.82) is 0 Å². The molecule has 0 amide bonds. The first-order valence-corrected chi connectivity index (χ1v) is 9.06. The normalized spacial score (nSPS) is 14.2. The highest BCUT2D eigenvalue weighted by atomic mass is 28.3. The van der Waals surface area contributed by atoms with Crippen LogP contribution in [0.5, 0.6) is 0 Å². The molecule has 0 bridgehead atoms. The summed E-state index contributed by atoms with van der Waals surface area (Å²) in [5.74, 6) is 0. The molecule has 0 fully saturated rings. The molecule has 0 aromatic carbocycles. The van der Waals surface area contributed by atoms with Gasteiger partial charge < -0.3 is 5.73 Å². The van der Waals surface area contributed by atoms with Crippen LogP contribution in [0.25, 0.3) is 0 Å². The van der Waals surface area contributed by atoms with Crippen molar-refractivity contribution in [2.45, 2.75) is 52.0 Å². The zero-order chi connectivity index (χ0) is 11.5. The van der Waals surface area contributed by atoms with Crippen LogP contribution in [0.3, 0.4) is 0 Å². The lowest BCUT2D eigenvalue weighted by Crippen LogP contribution is -2.38. The van der Waals surface area contributed by atoms with Gasteiger partial charge in [-0.15, -0.1) is 5.10 Å². The first kappa shape index (κ1) is 12.4. The van der Waals surface area contributed by atoms with Gasteiger partial charge in [-0.3, -0.25) is 4.68 Å². The van der Waals surface area contributed by atoms with E-state index in [0.29, 0.717) is 0 Å². The van der Waals surface area contributed by atoms with E-state index in [-0.39, 0.29) is 6.04 Å². The van der Waals surface area contributed by atoms with Crippen molar-refractivity contribution in [3.63, 3.8) is 0 Å². The van der Waals surface area contributed by atoms with Crippen molar-refractivity contribution >= 4 is 13.4 Å². The highest BCUT2D eigenvalue weighted by Gasteiger charge is 2.20. The lowest BCUT2D eigenvalue weighted by Gasteiger charge is -2.09. The number of aromatic nitrogens is 3. The Labute approximate surface area is 92.9 Å². The van der Waals surface area contributed by atoms with Crippen LogP contribution in [-0.4, -0.2) is 29.1 Å². The quantitative estimate of drug-likeness (QED) is 0.761. The number of nitrogens with two attached hydrogens (primary N) is 1. The van der Waals surface area contributed by atoms with Crippen LogP contribution in [0.4, 0.5) is 0 Å². The Hall–Kier alpha value is -0.683. The monoisotopic (exact) mass is 226 g/mol. The van der Waals surface area contributed by atoms with E-state index in [4.69, 9.17) is 5.73 Å². The minimum Gasteiger partial charge on any atom is -0.328 e. The van der Waals surface area contributed by atoms with E-state index in [1.165, 1.54) is 5.32 Å². The van der Waals surface area contributed by atoms with Crippen molar-refractivity contribution in [2.75, 3.05) is 0 Å². The maximum Gasteiger partial charge on any atom is 0.106 e. The zero-order valence-corrected chi connectivity index (χ0v) is 11.2. The molecule has 0 aliphatic carbocycles. The van der Waals surface area contributed by atoms with Gasteiger partial charge in [-0.05, 0) is 19.8 Å². The Morgan fingerprint density at radius 2 is 2.13 bits per heavy atom. The molecule has 0 aliphatic rings. The summed E-state index contributed by atoms with van der Waals surface area (Å²) in [6.45, 7) is 9.81. The van der Waals surface area contributed by atoms with Crippen LogP contribution < -0.4 is 11.1 Å². The number of rotatable bonds is 5. The van der Waals surface area contributed by atoms with E-state index in [1.807, 2.05) is 11.6 Å². The predicted molar refractivity (Wildman–Crippen MR) is 65.9 cm³/mol.